The fourth-order valence-corrected chi connectivity index (χ4v) is 2.99. The van der Waals surface area contributed by atoms with Crippen molar-refractivity contribution in [2.24, 2.45) is 0 Å². The average Bonchev–Trinajstić information content (AvgIpc) is 2.62. The number of para-hydroxylation sites is 1. The molecule has 2 heterocycles. The molecule has 1 aliphatic rings. The normalized spacial score (nSPS) is 20.5. The third-order valence-corrected chi connectivity index (χ3v) is 4.54. The van der Waals surface area contributed by atoms with Crippen LogP contribution in [0, 0.1) is 0 Å². The highest BCUT2D eigenvalue weighted by molar-refractivity contribution is 5.77. The molecule has 2 N–H and O–H groups in total. The Kier molecular flexibility index (Phi) is 5.11. The van der Waals surface area contributed by atoms with Crippen molar-refractivity contribution >= 4 is 17.4 Å². The standard InChI is InChI=1S/C19H24N4O/c1-14-17(9-11-19(24)22-14)20-12-15-8-10-18(21-13-15)23(2)16-6-4-3-5-7-16/h3-8,10,13-14,17,20H,9,11-12H2,1-2H3,(H,22,24). The maximum Gasteiger partial charge on any atom is 0.220 e. The molecule has 24 heavy (non-hydrogen) atoms. The molecule has 1 aromatic heterocycles. The van der Waals surface area contributed by atoms with Crippen LogP contribution in [-0.4, -0.2) is 30.0 Å². The van der Waals surface area contributed by atoms with Gasteiger partial charge in [-0.3, -0.25) is 4.79 Å². The average molecular weight is 324 g/mol. The van der Waals surface area contributed by atoms with Gasteiger partial charge in [0, 0.05) is 44.0 Å². The number of carbonyl (C=O) groups excluding carboxylic acids is 1. The van der Waals surface area contributed by atoms with Crippen molar-refractivity contribution in [3.05, 3.63) is 54.2 Å². The number of aromatic nitrogens is 1. The van der Waals surface area contributed by atoms with Gasteiger partial charge in [-0.1, -0.05) is 24.3 Å². The molecule has 2 aromatic rings. The van der Waals surface area contributed by atoms with Crippen molar-refractivity contribution in [1.82, 2.24) is 15.6 Å². The first kappa shape index (κ1) is 16.5. The van der Waals surface area contributed by atoms with E-state index in [-0.39, 0.29) is 11.9 Å². The Morgan fingerprint density at radius 3 is 2.71 bits per heavy atom. The number of nitrogens with zero attached hydrogens (tertiary/aromatic N) is 2. The summed E-state index contributed by atoms with van der Waals surface area (Å²) in [5, 5.41) is 6.50. The van der Waals surface area contributed by atoms with Crippen molar-refractivity contribution in [3.8, 4) is 0 Å². The minimum atomic E-state index is 0.149. The van der Waals surface area contributed by atoms with Crippen LogP contribution >= 0.6 is 0 Å². The van der Waals surface area contributed by atoms with Gasteiger partial charge < -0.3 is 15.5 Å². The molecular weight excluding hydrogens is 300 g/mol. The molecule has 5 nitrogen and oxygen atoms in total. The molecule has 0 bridgehead atoms. The molecule has 0 aliphatic carbocycles. The van der Waals surface area contributed by atoms with Crippen molar-refractivity contribution in [1.29, 1.82) is 0 Å². The third kappa shape index (κ3) is 3.92. The minimum absolute atomic E-state index is 0.149. The smallest absolute Gasteiger partial charge is 0.220 e. The Morgan fingerprint density at radius 1 is 1.25 bits per heavy atom. The van der Waals surface area contributed by atoms with Crippen LogP contribution in [0.25, 0.3) is 0 Å². The first-order valence-electron chi connectivity index (χ1n) is 8.40. The zero-order chi connectivity index (χ0) is 16.9. The fourth-order valence-electron chi connectivity index (χ4n) is 2.99. The fraction of sp³-hybridized carbons (Fsp3) is 0.368. The predicted molar refractivity (Wildman–Crippen MR) is 96.2 cm³/mol. The summed E-state index contributed by atoms with van der Waals surface area (Å²) in [6, 6.07) is 14.8. The summed E-state index contributed by atoms with van der Waals surface area (Å²) in [6.07, 6.45) is 3.39. The number of hydrogen-bond donors (Lipinski definition) is 2. The number of nitrogens with one attached hydrogen (secondary N) is 2. The molecule has 1 amide bonds. The summed E-state index contributed by atoms with van der Waals surface area (Å²) in [4.78, 5) is 18.0. The van der Waals surface area contributed by atoms with Crippen LogP contribution in [0.5, 0.6) is 0 Å². The van der Waals surface area contributed by atoms with Crippen molar-refractivity contribution in [3.63, 3.8) is 0 Å². The quantitative estimate of drug-likeness (QED) is 0.888. The number of hydrogen-bond acceptors (Lipinski definition) is 4. The maximum atomic E-state index is 11.4. The highest BCUT2D eigenvalue weighted by Gasteiger charge is 2.24. The van der Waals surface area contributed by atoms with Gasteiger partial charge in [-0.2, -0.15) is 0 Å². The molecule has 1 aliphatic heterocycles. The van der Waals surface area contributed by atoms with Crippen LogP contribution in [-0.2, 0) is 11.3 Å². The van der Waals surface area contributed by atoms with Gasteiger partial charge >= 0.3 is 0 Å². The van der Waals surface area contributed by atoms with E-state index in [1.54, 1.807) is 0 Å². The Labute approximate surface area is 143 Å². The lowest BCUT2D eigenvalue weighted by molar-refractivity contribution is -0.123. The second kappa shape index (κ2) is 7.45. The predicted octanol–water partition coefficient (Wildman–Crippen LogP) is 2.61. The Balaban J connectivity index is 1.58. The van der Waals surface area contributed by atoms with E-state index in [1.807, 2.05) is 44.4 Å². The Bertz CT molecular complexity index is 672. The van der Waals surface area contributed by atoms with Crippen LogP contribution in [0.4, 0.5) is 11.5 Å². The SMILES string of the molecule is CC1NC(=O)CCC1NCc1ccc(N(C)c2ccccc2)nc1. The number of pyridine rings is 1. The van der Waals surface area contributed by atoms with Crippen molar-refractivity contribution in [2.75, 3.05) is 11.9 Å². The number of piperidine rings is 1. The van der Waals surface area contributed by atoms with E-state index < -0.39 is 0 Å². The van der Waals surface area contributed by atoms with Gasteiger partial charge in [-0.05, 0) is 37.1 Å². The van der Waals surface area contributed by atoms with Crippen LogP contribution in [0.1, 0.15) is 25.3 Å². The van der Waals surface area contributed by atoms with Gasteiger partial charge in [-0.15, -0.1) is 0 Å². The number of anilines is 2. The van der Waals surface area contributed by atoms with E-state index in [2.05, 4.69) is 38.7 Å². The summed E-state index contributed by atoms with van der Waals surface area (Å²) in [5.41, 5.74) is 2.26. The van der Waals surface area contributed by atoms with Crippen LogP contribution in [0.15, 0.2) is 48.7 Å². The molecule has 0 spiro atoms. The van der Waals surface area contributed by atoms with E-state index in [9.17, 15) is 4.79 Å². The van der Waals surface area contributed by atoms with Gasteiger partial charge in [0.1, 0.15) is 5.82 Å². The number of benzene rings is 1. The molecule has 5 heteroatoms. The summed E-state index contributed by atoms with van der Waals surface area (Å²) in [7, 11) is 2.02. The first-order valence-corrected chi connectivity index (χ1v) is 8.40. The van der Waals surface area contributed by atoms with E-state index >= 15 is 0 Å². The molecule has 2 atom stereocenters. The lowest BCUT2D eigenvalue weighted by atomic mass is 9.99. The molecule has 0 radical (unpaired) electrons. The van der Waals surface area contributed by atoms with Gasteiger partial charge in [0.05, 0.1) is 0 Å². The zero-order valence-electron chi connectivity index (χ0n) is 14.2. The largest absolute Gasteiger partial charge is 0.352 e. The van der Waals surface area contributed by atoms with Gasteiger partial charge in [0.15, 0.2) is 0 Å². The monoisotopic (exact) mass is 324 g/mol. The van der Waals surface area contributed by atoms with E-state index in [1.165, 1.54) is 0 Å². The third-order valence-electron chi connectivity index (χ3n) is 4.54. The van der Waals surface area contributed by atoms with Crippen LogP contribution < -0.4 is 15.5 Å². The number of rotatable bonds is 5. The van der Waals surface area contributed by atoms with Gasteiger partial charge in [0.2, 0.25) is 5.91 Å². The van der Waals surface area contributed by atoms with E-state index in [4.69, 9.17) is 0 Å². The lowest BCUT2D eigenvalue weighted by Crippen LogP contribution is -2.52. The van der Waals surface area contributed by atoms with Crippen molar-refractivity contribution < 1.29 is 4.79 Å². The number of amides is 1. The molecule has 3 rings (SSSR count). The topological polar surface area (TPSA) is 57.3 Å². The molecule has 1 fully saturated rings. The lowest BCUT2D eigenvalue weighted by Gasteiger charge is -2.30. The summed E-state index contributed by atoms with van der Waals surface area (Å²) in [5.74, 6) is 1.07. The van der Waals surface area contributed by atoms with Crippen LogP contribution in [0.3, 0.4) is 0 Å². The van der Waals surface area contributed by atoms with E-state index in [0.29, 0.717) is 12.5 Å². The summed E-state index contributed by atoms with van der Waals surface area (Å²) >= 11 is 0. The Morgan fingerprint density at radius 2 is 2.04 bits per heavy atom. The van der Waals surface area contributed by atoms with Crippen LogP contribution in [0.2, 0.25) is 0 Å². The van der Waals surface area contributed by atoms with Crippen molar-refractivity contribution in [2.45, 2.75) is 38.4 Å². The summed E-state index contributed by atoms with van der Waals surface area (Å²) < 4.78 is 0. The minimum Gasteiger partial charge on any atom is -0.352 e. The maximum absolute atomic E-state index is 11.4. The second-order valence-electron chi connectivity index (χ2n) is 6.30. The molecule has 1 aromatic carbocycles. The van der Waals surface area contributed by atoms with E-state index in [0.717, 1.165) is 30.0 Å². The molecule has 1 saturated heterocycles. The summed E-state index contributed by atoms with van der Waals surface area (Å²) in [6.45, 7) is 2.80. The highest BCUT2D eigenvalue weighted by atomic mass is 16.1. The Hall–Kier alpha value is -2.40. The molecular formula is C19H24N4O. The second-order valence-corrected chi connectivity index (χ2v) is 6.30. The highest BCUT2D eigenvalue weighted by Crippen LogP contribution is 2.21. The zero-order valence-corrected chi connectivity index (χ0v) is 14.2. The molecule has 126 valence electrons. The molecule has 2 unspecified atom stereocenters. The number of carbonyl (C=O) groups is 1. The first-order chi connectivity index (χ1) is 11.6. The van der Waals surface area contributed by atoms with Gasteiger partial charge in [0.25, 0.3) is 0 Å². The van der Waals surface area contributed by atoms with Gasteiger partial charge in [-0.25, -0.2) is 4.98 Å². The molecule has 0 saturated carbocycles.